The van der Waals surface area contributed by atoms with Gasteiger partial charge in [0.2, 0.25) is 5.95 Å². The van der Waals surface area contributed by atoms with Gasteiger partial charge in [-0.3, -0.25) is 4.57 Å². The molecule has 0 saturated carbocycles. The molecule has 0 aliphatic heterocycles. The van der Waals surface area contributed by atoms with Crippen LogP contribution < -0.4 is 0 Å². The molecule has 0 fully saturated rings. The number of fused-ring (bicyclic) bond motifs is 9. The predicted molar refractivity (Wildman–Crippen MR) is 342 cm³/mol. The molecule has 0 amide bonds. The first-order chi connectivity index (χ1) is 40.4. The van der Waals surface area contributed by atoms with Gasteiger partial charge in [-0.1, -0.05) is 244 Å². The topological polar surface area (TPSA) is 43.6 Å². The number of hydrogen-bond acceptors (Lipinski definition) is 3. The maximum Gasteiger partial charge on any atom is 0.238 e. The molecule has 0 saturated heterocycles. The summed E-state index contributed by atoms with van der Waals surface area (Å²) in [5.74, 6) is 2.74. The van der Waals surface area contributed by atoms with E-state index in [1.165, 1.54) is 82.2 Å². The number of benzene rings is 11. The van der Waals surface area contributed by atoms with E-state index in [4.69, 9.17) is 15.0 Å². The molecule has 2 aromatic heterocycles. The van der Waals surface area contributed by atoms with Gasteiger partial charge in [0.25, 0.3) is 0 Å². The van der Waals surface area contributed by atoms with Crippen LogP contribution in [-0.4, -0.2) is 19.5 Å². The lowest BCUT2D eigenvalue weighted by Gasteiger charge is -2.29. The van der Waals surface area contributed by atoms with Crippen molar-refractivity contribution in [3.8, 4) is 73.0 Å². The summed E-state index contributed by atoms with van der Waals surface area (Å²) in [6.07, 6.45) is 18.8. The number of hydrogen-bond donors (Lipinski definition) is 0. The van der Waals surface area contributed by atoms with E-state index in [-0.39, 0.29) is 17.3 Å². The Kier molecular flexibility index (Phi) is 11.1. The molecule has 388 valence electrons. The molecular weight excluding hydrogens is 993 g/mol. The van der Waals surface area contributed by atoms with Crippen LogP contribution in [0, 0.1) is 5.92 Å². The molecule has 0 radical (unpaired) electrons. The van der Waals surface area contributed by atoms with Crippen molar-refractivity contribution in [1.82, 2.24) is 19.5 Å². The van der Waals surface area contributed by atoms with E-state index in [1.54, 1.807) is 0 Å². The van der Waals surface area contributed by atoms with E-state index in [0.717, 1.165) is 56.5 Å². The fourth-order valence-corrected chi connectivity index (χ4v) is 14.0. The molecule has 0 spiro atoms. The van der Waals surface area contributed by atoms with Crippen LogP contribution >= 0.6 is 0 Å². The highest BCUT2D eigenvalue weighted by atomic mass is 15.2. The Morgan fingerprint density at radius 3 is 1.74 bits per heavy atom. The van der Waals surface area contributed by atoms with Crippen LogP contribution in [0.4, 0.5) is 0 Å². The summed E-state index contributed by atoms with van der Waals surface area (Å²) < 4.78 is 2.32. The van der Waals surface area contributed by atoms with Crippen LogP contribution in [-0.2, 0) is 5.41 Å². The SMILES string of the molecule is CC1(C)c2cc3c(cc2C2C=CC=CC21)c1cc(-c2cc(-c4ccccc4)cc(-c4ccc(-c5cccc6ccccc56)c5c(-c6cccc7ccccc67)cccc45)c2)ccc1n3-c1nc(-c2ccccc2)nc(C2C=CC=CC2)n1. The Labute approximate surface area is 477 Å². The van der Waals surface area contributed by atoms with E-state index in [1.807, 2.05) is 6.07 Å². The maximum absolute atomic E-state index is 5.44. The second-order valence-electron chi connectivity index (χ2n) is 23.0. The van der Waals surface area contributed by atoms with E-state index in [9.17, 15) is 0 Å². The molecular formula is C78H56N4. The molecule has 2 heterocycles. The van der Waals surface area contributed by atoms with Gasteiger partial charge in [-0.2, -0.15) is 9.97 Å². The Morgan fingerprint density at radius 1 is 0.402 bits per heavy atom. The molecule has 3 atom stereocenters. The van der Waals surface area contributed by atoms with Gasteiger partial charge in [-0.25, -0.2) is 4.98 Å². The minimum Gasteiger partial charge on any atom is -0.278 e. The van der Waals surface area contributed by atoms with E-state index in [0.29, 0.717) is 17.7 Å². The normalized spacial score (nSPS) is 16.9. The Balaban J connectivity index is 0.941. The van der Waals surface area contributed by atoms with Crippen molar-refractivity contribution >= 4 is 54.1 Å². The van der Waals surface area contributed by atoms with Gasteiger partial charge >= 0.3 is 0 Å². The first-order valence-electron chi connectivity index (χ1n) is 28.8. The van der Waals surface area contributed by atoms with Gasteiger partial charge in [0.05, 0.1) is 11.0 Å². The third kappa shape index (κ3) is 7.77. The van der Waals surface area contributed by atoms with E-state index in [2.05, 4.69) is 285 Å². The predicted octanol–water partition coefficient (Wildman–Crippen LogP) is 20.1. The van der Waals surface area contributed by atoms with Crippen molar-refractivity contribution in [1.29, 1.82) is 0 Å². The van der Waals surface area contributed by atoms with Gasteiger partial charge < -0.3 is 0 Å². The molecule has 16 rings (SSSR count). The van der Waals surface area contributed by atoms with Crippen molar-refractivity contribution < 1.29 is 0 Å². The fourth-order valence-electron chi connectivity index (χ4n) is 14.0. The highest BCUT2D eigenvalue weighted by Gasteiger charge is 2.45. The standard InChI is InChI=1S/C78H56N4/c1-78(2)70-38-17-16-33-63(70)67-47-69-68-46-54(39-42-72(68)82(73(69)48-71(67)78)77-80-75(52-25-8-4-9-26-52)79-76(81-77)53-27-10-5-11-28-53)56-43-55(49-21-6-3-7-22-49)44-57(45-56)60-40-41-66(62-35-19-30-51-24-13-15-32-59(51)62)74-64(60)36-20-37-65(74)61-34-18-29-50-23-12-14-31-58(50)61/h3-27,29-48,53,63,70H,28H2,1-2H3. The highest BCUT2D eigenvalue weighted by Crippen LogP contribution is 2.55. The smallest absolute Gasteiger partial charge is 0.238 e. The van der Waals surface area contributed by atoms with Crippen LogP contribution in [0.1, 0.15) is 49.1 Å². The lowest BCUT2D eigenvalue weighted by Crippen LogP contribution is -2.24. The average Bonchev–Trinajstić information content (AvgIpc) is 4.17. The molecule has 3 aliphatic rings. The molecule has 4 heteroatoms. The second-order valence-corrected chi connectivity index (χ2v) is 23.0. The number of nitrogens with zero attached hydrogens (tertiary/aromatic N) is 4. The lowest BCUT2D eigenvalue weighted by molar-refractivity contribution is 0.394. The molecule has 0 N–H and O–H groups in total. The van der Waals surface area contributed by atoms with Gasteiger partial charge in [-0.15, -0.1) is 0 Å². The summed E-state index contributed by atoms with van der Waals surface area (Å²) in [6.45, 7) is 4.83. The van der Waals surface area contributed by atoms with Gasteiger partial charge in [0, 0.05) is 28.2 Å². The zero-order valence-electron chi connectivity index (χ0n) is 45.7. The van der Waals surface area contributed by atoms with E-state index >= 15 is 0 Å². The summed E-state index contributed by atoms with van der Waals surface area (Å²) in [7, 11) is 0. The summed E-state index contributed by atoms with van der Waals surface area (Å²) in [4.78, 5) is 16.0. The minimum atomic E-state index is -0.0955. The summed E-state index contributed by atoms with van der Waals surface area (Å²) >= 11 is 0. The van der Waals surface area contributed by atoms with Crippen LogP contribution in [0.15, 0.2) is 273 Å². The van der Waals surface area contributed by atoms with Gasteiger partial charge in [-0.05, 0) is 159 Å². The number of allylic oxidation sites excluding steroid dienone is 8. The molecule has 4 nitrogen and oxygen atoms in total. The molecule has 11 aromatic carbocycles. The Morgan fingerprint density at radius 2 is 1.00 bits per heavy atom. The fraction of sp³-hybridized carbons (Fsp3) is 0.0897. The largest absolute Gasteiger partial charge is 0.278 e. The van der Waals surface area contributed by atoms with Crippen molar-refractivity contribution in [2.24, 2.45) is 5.92 Å². The molecule has 3 aliphatic carbocycles. The van der Waals surface area contributed by atoms with E-state index < -0.39 is 0 Å². The molecule has 3 unspecified atom stereocenters. The summed E-state index contributed by atoms with van der Waals surface area (Å²) in [5, 5.41) is 9.73. The minimum absolute atomic E-state index is 0.0289. The lowest BCUT2D eigenvalue weighted by atomic mass is 9.74. The van der Waals surface area contributed by atoms with Crippen molar-refractivity contribution in [3.05, 3.63) is 290 Å². The Bertz CT molecular complexity index is 4780. The first-order valence-corrected chi connectivity index (χ1v) is 28.8. The van der Waals surface area contributed by atoms with Crippen LogP contribution in [0.2, 0.25) is 0 Å². The third-order valence-electron chi connectivity index (χ3n) is 18.0. The average molecular weight is 1050 g/mol. The van der Waals surface area contributed by atoms with Crippen LogP contribution in [0.5, 0.6) is 0 Å². The number of rotatable bonds is 8. The van der Waals surface area contributed by atoms with Gasteiger partial charge in [0.15, 0.2) is 5.82 Å². The van der Waals surface area contributed by atoms with Gasteiger partial charge in [0.1, 0.15) is 5.82 Å². The quantitative estimate of drug-likeness (QED) is 0.152. The van der Waals surface area contributed by atoms with Crippen molar-refractivity contribution in [3.63, 3.8) is 0 Å². The third-order valence-corrected chi connectivity index (χ3v) is 18.0. The van der Waals surface area contributed by atoms with Crippen molar-refractivity contribution in [2.75, 3.05) is 0 Å². The summed E-state index contributed by atoms with van der Waals surface area (Å²) in [5.41, 5.74) is 17.6. The highest BCUT2D eigenvalue weighted by molar-refractivity contribution is 6.17. The van der Waals surface area contributed by atoms with Crippen molar-refractivity contribution in [2.45, 2.75) is 37.5 Å². The Hall–Kier alpha value is -10.0. The zero-order valence-corrected chi connectivity index (χ0v) is 45.7. The first kappa shape index (κ1) is 47.9. The van der Waals surface area contributed by atoms with Crippen LogP contribution in [0.3, 0.4) is 0 Å². The molecule has 13 aromatic rings. The second kappa shape index (κ2) is 19.1. The molecule has 0 bridgehead atoms. The summed E-state index contributed by atoms with van der Waals surface area (Å²) in [6, 6.07) is 83.1. The maximum atomic E-state index is 5.44. The van der Waals surface area contributed by atoms with Crippen LogP contribution in [0.25, 0.3) is 127 Å². The zero-order chi connectivity index (χ0) is 54.5. The molecule has 82 heavy (non-hydrogen) atoms. The monoisotopic (exact) mass is 1050 g/mol. The number of aromatic nitrogens is 4.